The van der Waals surface area contributed by atoms with Gasteiger partial charge in [-0.15, -0.1) is 11.3 Å². The van der Waals surface area contributed by atoms with Crippen LogP contribution in [0, 0.1) is 13.8 Å². The van der Waals surface area contributed by atoms with Gasteiger partial charge in [0, 0.05) is 16.5 Å². The number of fused-ring (bicyclic) bond motifs is 1. The zero-order chi connectivity index (χ0) is 17.3. The van der Waals surface area contributed by atoms with Crippen LogP contribution in [0.25, 0.3) is 10.9 Å². The number of anilines is 2. The first kappa shape index (κ1) is 16.7. The predicted molar refractivity (Wildman–Crippen MR) is 99.8 cm³/mol. The molecule has 24 heavy (non-hydrogen) atoms. The molecule has 0 aliphatic heterocycles. The van der Waals surface area contributed by atoms with Crippen molar-refractivity contribution in [3.63, 3.8) is 0 Å². The van der Waals surface area contributed by atoms with Crippen molar-refractivity contribution in [1.29, 1.82) is 0 Å². The molecule has 1 N–H and O–H groups in total. The highest BCUT2D eigenvalue weighted by Gasteiger charge is 2.21. The maximum atomic E-state index is 12.3. The van der Waals surface area contributed by atoms with Crippen LogP contribution in [-0.4, -0.2) is 17.6 Å². The fraction of sp³-hybridized carbons (Fsp3) is 0.222. The van der Waals surface area contributed by atoms with Crippen LogP contribution in [-0.2, 0) is 4.74 Å². The molecule has 0 amide bonds. The van der Waals surface area contributed by atoms with E-state index in [0.29, 0.717) is 17.2 Å². The van der Waals surface area contributed by atoms with Gasteiger partial charge in [0.05, 0.1) is 28.4 Å². The van der Waals surface area contributed by atoms with E-state index in [0.717, 1.165) is 32.0 Å². The second kappa shape index (κ2) is 6.79. The summed E-state index contributed by atoms with van der Waals surface area (Å²) in [5.41, 5.74) is 3.12. The number of benzene rings is 1. The standard InChI is InChI=1S/C18H17ClN2O2S/c1-4-23-18(22)15-10(2)11(3)24-17(15)21-14-8-9-20-16-12(14)6-5-7-13(16)19/h5-9H,4H2,1-3H3,(H,20,21). The lowest BCUT2D eigenvalue weighted by atomic mass is 10.1. The van der Waals surface area contributed by atoms with Gasteiger partial charge in [0.1, 0.15) is 5.00 Å². The summed E-state index contributed by atoms with van der Waals surface area (Å²) in [6.07, 6.45) is 1.70. The number of esters is 1. The molecule has 0 unspecified atom stereocenters. The van der Waals surface area contributed by atoms with Gasteiger partial charge in [-0.05, 0) is 38.5 Å². The third kappa shape index (κ3) is 2.97. The minimum Gasteiger partial charge on any atom is -0.462 e. The lowest BCUT2D eigenvalue weighted by Gasteiger charge is -2.10. The van der Waals surface area contributed by atoms with Gasteiger partial charge in [0.25, 0.3) is 0 Å². The van der Waals surface area contributed by atoms with Gasteiger partial charge in [0.15, 0.2) is 0 Å². The smallest absolute Gasteiger partial charge is 0.341 e. The highest BCUT2D eigenvalue weighted by atomic mass is 35.5. The molecule has 0 radical (unpaired) electrons. The summed E-state index contributed by atoms with van der Waals surface area (Å²) < 4.78 is 5.20. The summed E-state index contributed by atoms with van der Waals surface area (Å²) >= 11 is 7.76. The number of rotatable bonds is 4. The first-order valence-electron chi connectivity index (χ1n) is 7.60. The van der Waals surface area contributed by atoms with E-state index < -0.39 is 0 Å². The van der Waals surface area contributed by atoms with Crippen molar-refractivity contribution < 1.29 is 9.53 Å². The molecule has 0 aliphatic rings. The van der Waals surface area contributed by atoms with Crippen LogP contribution in [0.15, 0.2) is 30.5 Å². The number of thiophene rings is 1. The maximum Gasteiger partial charge on any atom is 0.341 e. The molecule has 0 spiro atoms. The lowest BCUT2D eigenvalue weighted by Crippen LogP contribution is -2.07. The number of pyridine rings is 1. The number of aromatic nitrogens is 1. The van der Waals surface area contributed by atoms with Gasteiger partial charge in [-0.1, -0.05) is 23.7 Å². The molecule has 124 valence electrons. The average Bonchev–Trinajstić information content (AvgIpc) is 2.83. The third-order valence-electron chi connectivity index (χ3n) is 3.83. The van der Waals surface area contributed by atoms with Gasteiger partial charge >= 0.3 is 5.97 Å². The van der Waals surface area contributed by atoms with Crippen molar-refractivity contribution in [1.82, 2.24) is 4.98 Å². The molecule has 0 aliphatic carbocycles. The second-order valence-corrected chi connectivity index (χ2v) is 6.96. The highest BCUT2D eigenvalue weighted by Crippen LogP contribution is 2.37. The molecular formula is C18H17ClN2O2S. The number of halogens is 1. The normalized spacial score (nSPS) is 10.8. The lowest BCUT2D eigenvalue weighted by molar-refractivity contribution is 0.0527. The number of nitrogens with one attached hydrogen (secondary N) is 1. The summed E-state index contributed by atoms with van der Waals surface area (Å²) in [4.78, 5) is 17.7. The summed E-state index contributed by atoms with van der Waals surface area (Å²) in [5.74, 6) is -0.307. The minimum atomic E-state index is -0.307. The molecule has 1 aromatic carbocycles. The molecule has 0 fully saturated rings. The maximum absolute atomic E-state index is 12.3. The van der Waals surface area contributed by atoms with Crippen LogP contribution >= 0.6 is 22.9 Å². The fourth-order valence-electron chi connectivity index (χ4n) is 2.54. The van der Waals surface area contributed by atoms with Crippen molar-refractivity contribution in [3.05, 3.63) is 51.5 Å². The Bertz CT molecular complexity index is 921. The SMILES string of the molecule is CCOC(=O)c1c(Nc2ccnc3c(Cl)cccc23)sc(C)c1C. The van der Waals surface area contributed by atoms with E-state index in [-0.39, 0.29) is 5.97 Å². The molecular weight excluding hydrogens is 344 g/mol. The van der Waals surface area contributed by atoms with Crippen LogP contribution in [0.4, 0.5) is 10.7 Å². The highest BCUT2D eigenvalue weighted by molar-refractivity contribution is 7.16. The molecule has 3 rings (SSSR count). The topological polar surface area (TPSA) is 51.2 Å². The van der Waals surface area contributed by atoms with Gasteiger partial charge < -0.3 is 10.1 Å². The Hall–Kier alpha value is -2.11. The third-order valence-corrected chi connectivity index (χ3v) is 5.26. The average molecular weight is 361 g/mol. The fourth-order valence-corrected chi connectivity index (χ4v) is 3.82. The monoisotopic (exact) mass is 360 g/mol. The Balaban J connectivity index is 2.08. The predicted octanol–water partition coefficient (Wildman–Crippen LogP) is 5.49. The van der Waals surface area contributed by atoms with E-state index in [1.165, 1.54) is 11.3 Å². The summed E-state index contributed by atoms with van der Waals surface area (Å²) in [6, 6.07) is 7.52. The molecule has 0 atom stereocenters. The summed E-state index contributed by atoms with van der Waals surface area (Å²) in [6.45, 7) is 6.08. The van der Waals surface area contributed by atoms with Crippen molar-refractivity contribution in [3.8, 4) is 0 Å². The molecule has 4 nitrogen and oxygen atoms in total. The van der Waals surface area contributed by atoms with E-state index in [9.17, 15) is 4.79 Å². The van der Waals surface area contributed by atoms with E-state index in [1.54, 1.807) is 13.1 Å². The number of ether oxygens (including phenoxy) is 1. The molecule has 3 aromatic rings. The Morgan fingerprint density at radius 1 is 1.33 bits per heavy atom. The van der Waals surface area contributed by atoms with Crippen LogP contribution < -0.4 is 5.32 Å². The quantitative estimate of drug-likeness (QED) is 0.625. The van der Waals surface area contributed by atoms with Crippen molar-refractivity contribution in [2.75, 3.05) is 11.9 Å². The van der Waals surface area contributed by atoms with Gasteiger partial charge in [0.2, 0.25) is 0 Å². The molecule has 0 bridgehead atoms. The summed E-state index contributed by atoms with van der Waals surface area (Å²) in [5, 5.41) is 5.64. The molecule has 6 heteroatoms. The zero-order valence-electron chi connectivity index (χ0n) is 13.6. The van der Waals surface area contributed by atoms with E-state index >= 15 is 0 Å². The summed E-state index contributed by atoms with van der Waals surface area (Å²) in [7, 11) is 0. The van der Waals surface area contributed by atoms with Crippen LogP contribution in [0.1, 0.15) is 27.7 Å². The van der Waals surface area contributed by atoms with Crippen molar-refractivity contribution >= 4 is 50.5 Å². The van der Waals surface area contributed by atoms with E-state index in [2.05, 4.69) is 10.3 Å². The Morgan fingerprint density at radius 3 is 2.88 bits per heavy atom. The number of carbonyl (C=O) groups is 1. The Morgan fingerprint density at radius 2 is 2.12 bits per heavy atom. The molecule has 0 saturated carbocycles. The number of hydrogen-bond donors (Lipinski definition) is 1. The van der Waals surface area contributed by atoms with E-state index in [4.69, 9.17) is 16.3 Å². The zero-order valence-corrected chi connectivity index (χ0v) is 15.2. The van der Waals surface area contributed by atoms with Crippen LogP contribution in [0.2, 0.25) is 5.02 Å². The van der Waals surface area contributed by atoms with Crippen LogP contribution in [0.3, 0.4) is 0 Å². The van der Waals surface area contributed by atoms with E-state index in [1.807, 2.05) is 38.1 Å². The second-order valence-electron chi connectivity index (χ2n) is 5.33. The number of para-hydroxylation sites is 1. The Kier molecular flexibility index (Phi) is 4.73. The Labute approximate surface area is 149 Å². The van der Waals surface area contributed by atoms with Gasteiger partial charge in [-0.25, -0.2) is 4.79 Å². The molecule has 2 aromatic heterocycles. The van der Waals surface area contributed by atoms with Gasteiger partial charge in [-0.3, -0.25) is 4.98 Å². The van der Waals surface area contributed by atoms with Gasteiger partial charge in [-0.2, -0.15) is 0 Å². The number of hydrogen-bond acceptors (Lipinski definition) is 5. The minimum absolute atomic E-state index is 0.307. The first-order valence-corrected chi connectivity index (χ1v) is 8.79. The first-order chi connectivity index (χ1) is 11.5. The molecule has 2 heterocycles. The largest absolute Gasteiger partial charge is 0.462 e. The number of carbonyl (C=O) groups excluding carboxylic acids is 1. The van der Waals surface area contributed by atoms with Crippen molar-refractivity contribution in [2.45, 2.75) is 20.8 Å². The number of nitrogens with zero attached hydrogens (tertiary/aromatic N) is 1. The van der Waals surface area contributed by atoms with Crippen LogP contribution in [0.5, 0.6) is 0 Å². The number of aryl methyl sites for hydroxylation is 1. The molecule has 0 saturated heterocycles. The van der Waals surface area contributed by atoms with Crippen molar-refractivity contribution in [2.24, 2.45) is 0 Å².